The fourth-order valence-electron chi connectivity index (χ4n) is 5.02. The number of rotatable bonds is 5. The highest BCUT2D eigenvalue weighted by atomic mass is 16.5. The van der Waals surface area contributed by atoms with Gasteiger partial charge in [-0.2, -0.15) is 0 Å². The fourth-order valence-corrected chi connectivity index (χ4v) is 5.02. The molecule has 0 amide bonds. The number of hydrogen-bond donors (Lipinski definition) is 1. The Morgan fingerprint density at radius 3 is 2.68 bits per heavy atom. The lowest BCUT2D eigenvalue weighted by Crippen LogP contribution is -2.51. The first-order valence-electron chi connectivity index (χ1n) is 10.7. The molecule has 1 N–H and O–H groups in total. The average Bonchev–Trinajstić information content (AvgIpc) is 3.06. The van der Waals surface area contributed by atoms with Gasteiger partial charge in [0, 0.05) is 56.6 Å². The molecule has 1 aromatic heterocycles. The van der Waals surface area contributed by atoms with Crippen LogP contribution in [-0.4, -0.2) is 48.2 Å². The van der Waals surface area contributed by atoms with Crippen molar-refractivity contribution in [3.05, 3.63) is 53.2 Å². The van der Waals surface area contributed by atoms with Crippen molar-refractivity contribution in [2.24, 2.45) is 0 Å². The van der Waals surface area contributed by atoms with Gasteiger partial charge in [0.1, 0.15) is 0 Å². The van der Waals surface area contributed by atoms with E-state index in [9.17, 15) is 0 Å². The number of ether oxygens (including phenoxy) is 1. The molecule has 2 unspecified atom stereocenters. The number of hydrogen-bond acceptors (Lipinski definition) is 5. The number of anilines is 1. The molecule has 4 heterocycles. The van der Waals surface area contributed by atoms with E-state index in [1.54, 1.807) is 0 Å². The van der Waals surface area contributed by atoms with Crippen molar-refractivity contribution in [2.75, 3.05) is 31.1 Å². The molecule has 0 radical (unpaired) electrons. The minimum absolute atomic E-state index is 0.635. The van der Waals surface area contributed by atoms with Gasteiger partial charge in [0.15, 0.2) is 0 Å². The standard InChI is InChI=1S/C23H30N4O/c1-2-28-23-12-22(27-14-18-8-9-19(15-27)24-18)20-10-11-26(16-21(20)25-23)13-17-6-4-3-5-7-17/h3-7,12,18-19,24H,2,8-11,13-16H2,1H3. The molecule has 3 aliphatic rings. The van der Waals surface area contributed by atoms with Crippen molar-refractivity contribution in [3.8, 4) is 5.88 Å². The molecule has 148 valence electrons. The van der Waals surface area contributed by atoms with Gasteiger partial charge in [-0.05, 0) is 37.3 Å². The molecule has 2 aromatic rings. The van der Waals surface area contributed by atoms with Gasteiger partial charge in [0.05, 0.1) is 12.3 Å². The quantitative estimate of drug-likeness (QED) is 0.866. The molecule has 0 aliphatic carbocycles. The topological polar surface area (TPSA) is 40.6 Å². The number of piperazine rings is 1. The Hall–Kier alpha value is -2.11. The van der Waals surface area contributed by atoms with E-state index in [-0.39, 0.29) is 0 Å². The maximum absolute atomic E-state index is 5.85. The third kappa shape index (κ3) is 3.61. The van der Waals surface area contributed by atoms with Gasteiger partial charge < -0.3 is 15.0 Å². The number of nitrogens with zero attached hydrogens (tertiary/aromatic N) is 3. The Kier molecular flexibility index (Phi) is 4.95. The molecule has 3 aliphatic heterocycles. The van der Waals surface area contributed by atoms with Crippen LogP contribution in [0.2, 0.25) is 0 Å². The Morgan fingerprint density at radius 1 is 1.14 bits per heavy atom. The van der Waals surface area contributed by atoms with Crippen LogP contribution in [0.4, 0.5) is 5.69 Å². The second kappa shape index (κ2) is 7.72. The number of nitrogens with one attached hydrogen (secondary N) is 1. The largest absolute Gasteiger partial charge is 0.478 e. The van der Waals surface area contributed by atoms with Crippen LogP contribution in [0.5, 0.6) is 5.88 Å². The highest BCUT2D eigenvalue weighted by molar-refractivity contribution is 5.59. The molecule has 5 nitrogen and oxygen atoms in total. The molecule has 5 rings (SSSR count). The van der Waals surface area contributed by atoms with E-state index in [1.807, 2.05) is 6.92 Å². The minimum atomic E-state index is 0.635. The van der Waals surface area contributed by atoms with Crippen LogP contribution in [0.15, 0.2) is 36.4 Å². The van der Waals surface area contributed by atoms with Crippen LogP contribution in [0, 0.1) is 0 Å². The molecule has 2 fully saturated rings. The fraction of sp³-hybridized carbons (Fsp3) is 0.522. The van der Waals surface area contributed by atoms with Crippen molar-refractivity contribution >= 4 is 5.69 Å². The highest BCUT2D eigenvalue weighted by Crippen LogP contribution is 2.34. The lowest BCUT2D eigenvalue weighted by Gasteiger charge is -2.38. The third-order valence-electron chi connectivity index (χ3n) is 6.31. The molecular weight excluding hydrogens is 348 g/mol. The molecule has 2 saturated heterocycles. The van der Waals surface area contributed by atoms with Gasteiger partial charge in [-0.3, -0.25) is 4.90 Å². The van der Waals surface area contributed by atoms with Gasteiger partial charge in [-0.25, -0.2) is 4.98 Å². The van der Waals surface area contributed by atoms with Gasteiger partial charge in [0.25, 0.3) is 0 Å². The summed E-state index contributed by atoms with van der Waals surface area (Å²) in [5.74, 6) is 0.781. The Bertz CT molecular complexity index is 813. The lowest BCUT2D eigenvalue weighted by molar-refractivity contribution is 0.238. The summed E-state index contributed by atoms with van der Waals surface area (Å²) in [6.45, 7) is 7.87. The van der Waals surface area contributed by atoms with E-state index < -0.39 is 0 Å². The second-order valence-corrected chi connectivity index (χ2v) is 8.33. The van der Waals surface area contributed by atoms with Crippen molar-refractivity contribution in [1.82, 2.24) is 15.2 Å². The molecular formula is C23H30N4O. The lowest BCUT2D eigenvalue weighted by atomic mass is 10.0. The Labute approximate surface area is 167 Å². The minimum Gasteiger partial charge on any atom is -0.478 e. The summed E-state index contributed by atoms with van der Waals surface area (Å²) in [6.07, 6.45) is 3.67. The summed E-state index contributed by atoms with van der Waals surface area (Å²) < 4.78 is 5.85. The predicted molar refractivity (Wildman–Crippen MR) is 112 cm³/mol. The molecule has 1 aromatic carbocycles. The van der Waals surface area contributed by atoms with Crippen LogP contribution >= 0.6 is 0 Å². The van der Waals surface area contributed by atoms with Gasteiger partial charge in [0.2, 0.25) is 5.88 Å². The zero-order valence-electron chi connectivity index (χ0n) is 16.7. The van der Waals surface area contributed by atoms with Crippen molar-refractivity contribution in [3.63, 3.8) is 0 Å². The summed E-state index contributed by atoms with van der Waals surface area (Å²) >= 11 is 0. The van der Waals surface area contributed by atoms with E-state index in [0.29, 0.717) is 18.7 Å². The van der Waals surface area contributed by atoms with Gasteiger partial charge in [-0.1, -0.05) is 30.3 Å². The van der Waals surface area contributed by atoms with Crippen molar-refractivity contribution in [2.45, 2.75) is 51.4 Å². The van der Waals surface area contributed by atoms with Crippen LogP contribution in [0.1, 0.15) is 36.6 Å². The molecule has 0 saturated carbocycles. The summed E-state index contributed by atoms with van der Waals surface area (Å²) in [4.78, 5) is 10.00. The zero-order valence-corrected chi connectivity index (χ0v) is 16.7. The maximum atomic E-state index is 5.85. The molecule has 0 spiro atoms. The van der Waals surface area contributed by atoms with Gasteiger partial charge >= 0.3 is 0 Å². The first-order chi connectivity index (χ1) is 13.8. The van der Waals surface area contributed by atoms with E-state index in [1.165, 1.54) is 35.3 Å². The average molecular weight is 379 g/mol. The molecule has 2 atom stereocenters. The summed E-state index contributed by atoms with van der Waals surface area (Å²) in [7, 11) is 0. The van der Waals surface area contributed by atoms with Crippen molar-refractivity contribution < 1.29 is 4.74 Å². The van der Waals surface area contributed by atoms with Crippen LogP contribution in [0.3, 0.4) is 0 Å². The van der Waals surface area contributed by atoms with Crippen LogP contribution < -0.4 is 15.0 Å². The van der Waals surface area contributed by atoms with Gasteiger partial charge in [-0.15, -0.1) is 0 Å². The third-order valence-corrected chi connectivity index (χ3v) is 6.31. The first kappa shape index (κ1) is 18.0. The van der Waals surface area contributed by atoms with Crippen LogP contribution in [-0.2, 0) is 19.5 Å². The normalized spacial score (nSPS) is 24.2. The van der Waals surface area contributed by atoms with Crippen molar-refractivity contribution in [1.29, 1.82) is 0 Å². The summed E-state index contributed by atoms with van der Waals surface area (Å²) in [5.41, 5.74) is 5.38. The monoisotopic (exact) mass is 378 g/mol. The van der Waals surface area contributed by atoms with E-state index in [0.717, 1.165) is 45.0 Å². The number of aromatic nitrogens is 1. The SMILES string of the molecule is CCOc1cc(N2CC3CCC(C2)N3)c2c(n1)CN(Cc1ccccc1)CC2. The number of fused-ring (bicyclic) bond motifs is 3. The molecule has 28 heavy (non-hydrogen) atoms. The zero-order chi connectivity index (χ0) is 18.9. The van der Waals surface area contributed by atoms with Crippen LogP contribution in [0.25, 0.3) is 0 Å². The smallest absolute Gasteiger partial charge is 0.215 e. The number of pyridine rings is 1. The molecule has 2 bridgehead atoms. The Morgan fingerprint density at radius 2 is 1.93 bits per heavy atom. The molecule has 5 heteroatoms. The predicted octanol–water partition coefficient (Wildman–Crippen LogP) is 2.98. The highest BCUT2D eigenvalue weighted by Gasteiger charge is 2.34. The summed E-state index contributed by atoms with van der Waals surface area (Å²) in [6, 6.07) is 14.2. The maximum Gasteiger partial charge on any atom is 0.215 e. The Balaban J connectivity index is 1.42. The van der Waals surface area contributed by atoms with E-state index >= 15 is 0 Å². The number of benzene rings is 1. The first-order valence-corrected chi connectivity index (χ1v) is 10.7. The summed E-state index contributed by atoms with van der Waals surface area (Å²) in [5, 5.41) is 3.75. The van der Waals surface area contributed by atoms with E-state index in [2.05, 4.69) is 51.5 Å². The second-order valence-electron chi connectivity index (χ2n) is 8.33. The van der Waals surface area contributed by atoms with E-state index in [4.69, 9.17) is 9.72 Å².